The molecule has 5 heteroatoms. The van der Waals surface area contributed by atoms with Crippen LogP contribution in [0, 0.1) is 6.92 Å². The van der Waals surface area contributed by atoms with Crippen molar-refractivity contribution in [2.75, 3.05) is 5.32 Å². The first kappa shape index (κ1) is 14.9. The van der Waals surface area contributed by atoms with E-state index in [-0.39, 0.29) is 11.1 Å². The zero-order valence-electron chi connectivity index (χ0n) is 12.3. The maximum Gasteiger partial charge on any atom is 0.261 e. The van der Waals surface area contributed by atoms with Crippen LogP contribution in [0.25, 0.3) is 0 Å². The molecule has 0 aliphatic heterocycles. The fourth-order valence-electron chi connectivity index (χ4n) is 2.71. The van der Waals surface area contributed by atoms with Gasteiger partial charge in [0.1, 0.15) is 5.56 Å². The summed E-state index contributed by atoms with van der Waals surface area (Å²) in [4.78, 5) is 27.3. The molecular formula is C17H17ClN2O2. The van der Waals surface area contributed by atoms with Crippen LogP contribution in [0.15, 0.2) is 29.1 Å². The topological polar surface area (TPSA) is 62.0 Å². The van der Waals surface area contributed by atoms with Gasteiger partial charge in [-0.15, -0.1) is 0 Å². The molecule has 0 spiro atoms. The molecule has 4 nitrogen and oxygen atoms in total. The molecule has 22 heavy (non-hydrogen) atoms. The SMILES string of the molecule is Cc1ccc(NC(=O)c2cc3c([nH]c2=O)CCCC3)cc1Cl. The van der Waals surface area contributed by atoms with Gasteiger partial charge < -0.3 is 10.3 Å². The molecule has 3 rings (SSSR count). The molecular weight excluding hydrogens is 300 g/mol. The van der Waals surface area contributed by atoms with Crippen molar-refractivity contribution < 1.29 is 4.79 Å². The van der Waals surface area contributed by atoms with E-state index in [0.717, 1.165) is 42.5 Å². The first-order chi connectivity index (χ1) is 10.5. The number of hydrogen-bond acceptors (Lipinski definition) is 2. The smallest absolute Gasteiger partial charge is 0.261 e. The van der Waals surface area contributed by atoms with Gasteiger partial charge in [-0.2, -0.15) is 0 Å². The molecule has 1 aromatic carbocycles. The average Bonchev–Trinajstić information content (AvgIpc) is 2.50. The summed E-state index contributed by atoms with van der Waals surface area (Å²) in [6.07, 6.45) is 3.95. The molecule has 0 atom stereocenters. The number of H-pyrrole nitrogens is 1. The molecule has 0 fully saturated rings. The van der Waals surface area contributed by atoms with E-state index in [1.165, 1.54) is 0 Å². The summed E-state index contributed by atoms with van der Waals surface area (Å²) in [5, 5.41) is 3.31. The molecule has 0 saturated carbocycles. The van der Waals surface area contributed by atoms with Crippen LogP contribution in [0.2, 0.25) is 5.02 Å². The van der Waals surface area contributed by atoms with E-state index in [1.807, 2.05) is 13.0 Å². The summed E-state index contributed by atoms with van der Waals surface area (Å²) < 4.78 is 0. The molecule has 0 unspecified atom stereocenters. The molecule has 0 radical (unpaired) electrons. The third kappa shape index (κ3) is 2.92. The summed E-state index contributed by atoms with van der Waals surface area (Å²) in [6.45, 7) is 1.89. The lowest BCUT2D eigenvalue weighted by Gasteiger charge is -2.16. The molecule has 114 valence electrons. The Morgan fingerprint density at radius 2 is 2.00 bits per heavy atom. The van der Waals surface area contributed by atoms with Crippen LogP contribution in [0.1, 0.15) is 40.0 Å². The summed E-state index contributed by atoms with van der Waals surface area (Å²) in [7, 11) is 0. The van der Waals surface area contributed by atoms with Crippen molar-refractivity contribution in [1.29, 1.82) is 0 Å². The number of aromatic amines is 1. The van der Waals surface area contributed by atoms with Crippen molar-refractivity contribution in [3.05, 3.63) is 62.0 Å². The standard InChI is InChI=1S/C17H17ClN2O2/c1-10-6-7-12(9-14(10)18)19-16(21)13-8-11-4-2-3-5-15(11)20-17(13)22/h6-9H,2-5H2,1H3,(H,19,21)(H,20,22). The number of benzene rings is 1. The highest BCUT2D eigenvalue weighted by molar-refractivity contribution is 6.31. The van der Waals surface area contributed by atoms with Crippen LogP contribution in [0.5, 0.6) is 0 Å². The molecule has 2 N–H and O–H groups in total. The van der Waals surface area contributed by atoms with Gasteiger partial charge in [0.2, 0.25) is 0 Å². The number of halogens is 1. The minimum atomic E-state index is -0.408. The van der Waals surface area contributed by atoms with Crippen LogP contribution in [-0.4, -0.2) is 10.9 Å². The molecule has 1 heterocycles. The van der Waals surface area contributed by atoms with Gasteiger partial charge in [0.05, 0.1) is 0 Å². The number of fused-ring (bicyclic) bond motifs is 1. The zero-order valence-corrected chi connectivity index (χ0v) is 13.1. The molecule has 1 aliphatic carbocycles. The Balaban J connectivity index is 1.88. The quantitative estimate of drug-likeness (QED) is 0.891. The lowest BCUT2D eigenvalue weighted by molar-refractivity contribution is 0.102. The lowest BCUT2D eigenvalue weighted by atomic mass is 9.95. The Labute approximate surface area is 133 Å². The number of aryl methyl sites for hydroxylation is 3. The van der Waals surface area contributed by atoms with Crippen LogP contribution < -0.4 is 10.9 Å². The second-order valence-electron chi connectivity index (χ2n) is 5.64. The lowest BCUT2D eigenvalue weighted by Crippen LogP contribution is -2.26. The second kappa shape index (κ2) is 5.97. The van der Waals surface area contributed by atoms with Gasteiger partial charge in [-0.1, -0.05) is 17.7 Å². The number of hydrogen-bond donors (Lipinski definition) is 2. The maximum atomic E-state index is 12.3. The van der Waals surface area contributed by atoms with E-state index in [1.54, 1.807) is 18.2 Å². The summed E-state index contributed by atoms with van der Waals surface area (Å²) in [6, 6.07) is 7.00. The van der Waals surface area contributed by atoms with Gasteiger partial charge in [0.15, 0.2) is 0 Å². The maximum absolute atomic E-state index is 12.3. The molecule has 1 amide bonds. The van der Waals surface area contributed by atoms with Crippen molar-refractivity contribution in [2.45, 2.75) is 32.6 Å². The van der Waals surface area contributed by atoms with Gasteiger partial charge in [-0.25, -0.2) is 0 Å². The monoisotopic (exact) mass is 316 g/mol. The minimum Gasteiger partial charge on any atom is -0.325 e. The van der Waals surface area contributed by atoms with Gasteiger partial charge in [-0.3, -0.25) is 9.59 Å². The van der Waals surface area contributed by atoms with E-state index < -0.39 is 5.91 Å². The molecule has 1 aromatic heterocycles. The highest BCUT2D eigenvalue weighted by Crippen LogP contribution is 2.21. The fourth-order valence-corrected chi connectivity index (χ4v) is 2.89. The Kier molecular flexibility index (Phi) is 4.03. The van der Waals surface area contributed by atoms with Gasteiger partial charge in [-0.05, 0) is 61.9 Å². The number of pyridine rings is 1. The van der Waals surface area contributed by atoms with Crippen molar-refractivity contribution in [1.82, 2.24) is 4.98 Å². The van der Waals surface area contributed by atoms with E-state index >= 15 is 0 Å². The summed E-state index contributed by atoms with van der Waals surface area (Å²) >= 11 is 6.05. The molecule has 2 aromatic rings. The number of amides is 1. The van der Waals surface area contributed by atoms with Gasteiger partial charge in [0.25, 0.3) is 11.5 Å². The summed E-state index contributed by atoms with van der Waals surface area (Å²) in [5.74, 6) is -0.408. The minimum absolute atomic E-state index is 0.150. The highest BCUT2D eigenvalue weighted by Gasteiger charge is 2.17. The Hall–Kier alpha value is -2.07. The van der Waals surface area contributed by atoms with E-state index in [0.29, 0.717) is 10.7 Å². The number of anilines is 1. The summed E-state index contributed by atoms with van der Waals surface area (Å²) in [5.41, 5.74) is 3.36. The molecule has 0 bridgehead atoms. The highest BCUT2D eigenvalue weighted by atomic mass is 35.5. The molecule has 1 aliphatic rings. The normalized spacial score (nSPS) is 13.5. The van der Waals surface area contributed by atoms with Gasteiger partial charge in [0, 0.05) is 16.4 Å². The third-order valence-corrected chi connectivity index (χ3v) is 4.42. The zero-order chi connectivity index (χ0) is 15.7. The van der Waals surface area contributed by atoms with Crippen molar-refractivity contribution >= 4 is 23.2 Å². The van der Waals surface area contributed by atoms with Crippen molar-refractivity contribution in [3.8, 4) is 0 Å². The third-order valence-electron chi connectivity index (χ3n) is 4.01. The fraction of sp³-hybridized carbons (Fsp3) is 0.294. The average molecular weight is 317 g/mol. The number of aromatic nitrogens is 1. The number of nitrogens with one attached hydrogen (secondary N) is 2. The van der Waals surface area contributed by atoms with Crippen molar-refractivity contribution in [2.24, 2.45) is 0 Å². The Morgan fingerprint density at radius 1 is 1.23 bits per heavy atom. The number of carbonyl (C=O) groups excluding carboxylic acids is 1. The Morgan fingerprint density at radius 3 is 2.77 bits per heavy atom. The Bertz CT molecular complexity index is 796. The van der Waals surface area contributed by atoms with Crippen LogP contribution >= 0.6 is 11.6 Å². The first-order valence-corrected chi connectivity index (χ1v) is 7.75. The first-order valence-electron chi connectivity index (χ1n) is 7.37. The largest absolute Gasteiger partial charge is 0.325 e. The second-order valence-corrected chi connectivity index (χ2v) is 6.05. The predicted molar refractivity (Wildman–Crippen MR) is 87.8 cm³/mol. The number of rotatable bonds is 2. The van der Waals surface area contributed by atoms with Crippen LogP contribution in [0.3, 0.4) is 0 Å². The predicted octanol–water partition coefficient (Wildman–Crippen LogP) is 3.47. The molecule has 0 saturated heterocycles. The van der Waals surface area contributed by atoms with Crippen molar-refractivity contribution in [3.63, 3.8) is 0 Å². The van der Waals surface area contributed by atoms with E-state index in [9.17, 15) is 9.59 Å². The van der Waals surface area contributed by atoms with Crippen LogP contribution in [0.4, 0.5) is 5.69 Å². The van der Waals surface area contributed by atoms with Gasteiger partial charge >= 0.3 is 0 Å². The van der Waals surface area contributed by atoms with Crippen LogP contribution in [-0.2, 0) is 12.8 Å². The van der Waals surface area contributed by atoms with E-state index in [4.69, 9.17) is 11.6 Å². The number of carbonyl (C=O) groups is 1. The van der Waals surface area contributed by atoms with E-state index in [2.05, 4.69) is 10.3 Å².